The average Bonchev–Trinajstić information content (AvgIpc) is 3.22. The first-order chi connectivity index (χ1) is 13.0. The molecule has 0 saturated heterocycles. The number of anilines is 1. The van der Waals surface area contributed by atoms with E-state index in [1.165, 1.54) is 22.8 Å². The number of nitrogens with one attached hydrogen (secondary N) is 1. The van der Waals surface area contributed by atoms with E-state index in [2.05, 4.69) is 36.4 Å². The zero-order valence-electron chi connectivity index (χ0n) is 13.6. The molecule has 10 heteroatoms. The molecule has 1 amide bonds. The molecule has 4 aromatic rings. The number of hydrogen-bond acceptors (Lipinski definition) is 4. The van der Waals surface area contributed by atoms with Gasteiger partial charge in [-0.05, 0) is 39.7 Å². The maximum atomic E-state index is 13.1. The van der Waals surface area contributed by atoms with Gasteiger partial charge in [-0.25, -0.2) is 13.9 Å². The van der Waals surface area contributed by atoms with Gasteiger partial charge in [-0.1, -0.05) is 17.7 Å². The predicted octanol–water partition coefficient (Wildman–Crippen LogP) is 3.78. The Balaban J connectivity index is 1.51. The summed E-state index contributed by atoms with van der Waals surface area (Å²) < 4.78 is 16.7. The topological polar surface area (TPSA) is 77.1 Å². The monoisotopic (exact) mass is 448 g/mol. The lowest BCUT2D eigenvalue weighted by molar-refractivity contribution is 0.102. The number of halogens is 3. The molecule has 0 unspecified atom stereocenters. The fourth-order valence-electron chi connectivity index (χ4n) is 2.53. The second-order valence-electron chi connectivity index (χ2n) is 5.67. The van der Waals surface area contributed by atoms with Crippen LogP contribution in [0.25, 0.3) is 5.65 Å². The fraction of sp³-hybridized carbons (Fsp3) is 0.0588. The van der Waals surface area contributed by atoms with Crippen LogP contribution in [0, 0.1) is 5.82 Å². The number of carbonyl (C=O) groups is 1. The van der Waals surface area contributed by atoms with E-state index in [1.54, 1.807) is 35.4 Å². The van der Waals surface area contributed by atoms with Crippen molar-refractivity contribution in [2.24, 2.45) is 0 Å². The molecular formula is C17H11BrClFN6O. The Kier molecular flexibility index (Phi) is 4.63. The number of nitrogens with zero attached hydrogens (tertiary/aromatic N) is 5. The van der Waals surface area contributed by atoms with Crippen molar-refractivity contribution in [2.45, 2.75) is 6.54 Å². The van der Waals surface area contributed by atoms with Gasteiger partial charge in [0.1, 0.15) is 5.82 Å². The van der Waals surface area contributed by atoms with Gasteiger partial charge in [-0.15, -0.1) is 0 Å². The van der Waals surface area contributed by atoms with Crippen molar-refractivity contribution in [2.75, 3.05) is 5.32 Å². The highest BCUT2D eigenvalue weighted by atomic mass is 79.9. The largest absolute Gasteiger partial charge is 0.318 e. The fourth-order valence-corrected chi connectivity index (χ4v) is 3.30. The molecule has 27 heavy (non-hydrogen) atoms. The molecular weight excluding hydrogens is 439 g/mol. The van der Waals surface area contributed by atoms with Crippen LogP contribution in [0.5, 0.6) is 0 Å². The van der Waals surface area contributed by atoms with E-state index in [1.807, 2.05) is 0 Å². The molecule has 0 fully saturated rings. The molecule has 0 saturated carbocycles. The van der Waals surface area contributed by atoms with E-state index in [0.717, 1.165) is 0 Å². The first-order valence-electron chi connectivity index (χ1n) is 7.78. The Hall–Kier alpha value is -2.78. The third-order valence-corrected chi connectivity index (χ3v) is 4.87. The van der Waals surface area contributed by atoms with Crippen LogP contribution in [-0.4, -0.2) is 30.3 Å². The summed E-state index contributed by atoms with van der Waals surface area (Å²) in [6.07, 6.45) is 6.49. The van der Waals surface area contributed by atoms with E-state index in [4.69, 9.17) is 11.6 Å². The number of amides is 1. The summed E-state index contributed by atoms with van der Waals surface area (Å²) >= 11 is 9.39. The van der Waals surface area contributed by atoms with Gasteiger partial charge >= 0.3 is 0 Å². The molecule has 0 aliphatic heterocycles. The first kappa shape index (κ1) is 17.6. The lowest BCUT2D eigenvalue weighted by atomic mass is 10.2. The molecule has 0 bridgehead atoms. The minimum Gasteiger partial charge on any atom is -0.318 e. The van der Waals surface area contributed by atoms with Crippen LogP contribution in [0.2, 0.25) is 5.02 Å². The second kappa shape index (κ2) is 7.09. The smallest absolute Gasteiger partial charge is 0.277 e. The van der Waals surface area contributed by atoms with Gasteiger partial charge in [-0.3, -0.25) is 9.48 Å². The summed E-state index contributed by atoms with van der Waals surface area (Å²) in [6.45, 7) is 0.344. The summed E-state index contributed by atoms with van der Waals surface area (Å²) in [5.74, 6) is -0.795. The van der Waals surface area contributed by atoms with Gasteiger partial charge in [0.2, 0.25) is 0 Å². The number of carbonyl (C=O) groups excluding carboxylic acids is 1. The van der Waals surface area contributed by atoms with Gasteiger partial charge in [0.05, 0.1) is 22.9 Å². The van der Waals surface area contributed by atoms with Crippen molar-refractivity contribution in [1.29, 1.82) is 0 Å². The van der Waals surface area contributed by atoms with E-state index in [9.17, 15) is 9.18 Å². The molecule has 0 spiro atoms. The van der Waals surface area contributed by atoms with E-state index < -0.39 is 11.7 Å². The first-order valence-corrected chi connectivity index (χ1v) is 8.95. The maximum Gasteiger partial charge on any atom is 0.277 e. The van der Waals surface area contributed by atoms with Crippen molar-refractivity contribution in [1.82, 2.24) is 24.4 Å². The molecule has 0 aliphatic rings. The van der Waals surface area contributed by atoms with E-state index in [-0.39, 0.29) is 5.69 Å². The van der Waals surface area contributed by atoms with Crippen LogP contribution in [0.3, 0.4) is 0 Å². The molecule has 4 rings (SSSR count). The Morgan fingerprint density at radius 3 is 3.00 bits per heavy atom. The Morgan fingerprint density at radius 1 is 1.37 bits per heavy atom. The quantitative estimate of drug-likeness (QED) is 0.514. The third kappa shape index (κ3) is 3.56. The lowest BCUT2D eigenvalue weighted by Crippen LogP contribution is -2.13. The zero-order chi connectivity index (χ0) is 19.0. The normalized spacial score (nSPS) is 11.1. The second-order valence-corrected chi connectivity index (χ2v) is 6.87. The summed E-state index contributed by atoms with van der Waals surface area (Å²) in [4.78, 5) is 16.7. The molecule has 136 valence electrons. The highest BCUT2D eigenvalue weighted by Crippen LogP contribution is 2.22. The predicted molar refractivity (Wildman–Crippen MR) is 101 cm³/mol. The van der Waals surface area contributed by atoms with Crippen LogP contribution in [0.15, 0.2) is 53.5 Å². The summed E-state index contributed by atoms with van der Waals surface area (Å²) in [5.41, 5.74) is 1.97. The Morgan fingerprint density at radius 2 is 2.22 bits per heavy atom. The minimum absolute atomic E-state index is 0.211. The van der Waals surface area contributed by atoms with Crippen LogP contribution >= 0.6 is 27.5 Å². The maximum absolute atomic E-state index is 13.1. The Labute approximate surface area is 165 Å². The highest BCUT2D eigenvalue weighted by Gasteiger charge is 2.19. The minimum atomic E-state index is -0.398. The molecule has 0 radical (unpaired) electrons. The van der Waals surface area contributed by atoms with Gasteiger partial charge in [-0.2, -0.15) is 10.2 Å². The van der Waals surface area contributed by atoms with Crippen LogP contribution in [0.1, 0.15) is 16.1 Å². The number of benzene rings is 1. The van der Waals surface area contributed by atoms with Gasteiger partial charge in [0.15, 0.2) is 11.3 Å². The van der Waals surface area contributed by atoms with Crippen molar-refractivity contribution >= 4 is 44.8 Å². The standard InChI is InChI=1S/C17H11BrClFN6O/c18-14-15(24-26-5-1-4-21-16(14)26)17(27)23-12-7-22-25(9-12)8-10-2-3-11(20)6-13(10)19/h1-7,9H,8H2,(H,23,27). The van der Waals surface area contributed by atoms with Crippen molar-refractivity contribution in [3.63, 3.8) is 0 Å². The number of hydrogen-bond donors (Lipinski definition) is 1. The number of rotatable bonds is 4. The average molecular weight is 450 g/mol. The summed E-state index contributed by atoms with van der Waals surface area (Å²) in [5, 5.41) is 11.5. The van der Waals surface area contributed by atoms with Gasteiger partial charge in [0, 0.05) is 23.6 Å². The lowest BCUT2D eigenvalue weighted by Gasteiger charge is -2.04. The zero-order valence-corrected chi connectivity index (χ0v) is 15.9. The SMILES string of the molecule is O=C(Nc1cnn(Cc2ccc(F)cc2Cl)c1)c1nn2cccnc2c1Br. The summed E-state index contributed by atoms with van der Waals surface area (Å²) in [6, 6.07) is 5.90. The molecule has 0 atom stereocenters. The molecule has 3 aromatic heterocycles. The third-order valence-electron chi connectivity index (χ3n) is 3.79. The van der Waals surface area contributed by atoms with Crippen molar-refractivity contribution in [3.05, 3.63) is 75.6 Å². The van der Waals surface area contributed by atoms with Crippen molar-refractivity contribution < 1.29 is 9.18 Å². The number of fused-ring (bicyclic) bond motifs is 1. The van der Waals surface area contributed by atoms with Crippen LogP contribution in [0.4, 0.5) is 10.1 Å². The number of aromatic nitrogens is 5. The summed E-state index contributed by atoms with van der Waals surface area (Å²) in [7, 11) is 0. The van der Waals surface area contributed by atoms with Gasteiger partial charge < -0.3 is 5.32 Å². The molecule has 3 heterocycles. The van der Waals surface area contributed by atoms with Crippen LogP contribution in [-0.2, 0) is 6.54 Å². The van der Waals surface area contributed by atoms with E-state index in [0.29, 0.717) is 32.9 Å². The molecule has 1 aromatic carbocycles. The van der Waals surface area contributed by atoms with Crippen LogP contribution < -0.4 is 5.32 Å². The molecule has 1 N–H and O–H groups in total. The van der Waals surface area contributed by atoms with E-state index >= 15 is 0 Å². The molecule has 7 nitrogen and oxygen atoms in total. The van der Waals surface area contributed by atoms with Crippen molar-refractivity contribution in [3.8, 4) is 0 Å². The Bertz CT molecular complexity index is 1160. The molecule has 0 aliphatic carbocycles. The highest BCUT2D eigenvalue weighted by molar-refractivity contribution is 9.10. The van der Waals surface area contributed by atoms with Gasteiger partial charge in [0.25, 0.3) is 5.91 Å².